The van der Waals surface area contributed by atoms with Crippen LogP contribution in [0.1, 0.15) is 49.7 Å². The van der Waals surface area contributed by atoms with Gasteiger partial charge in [-0.25, -0.2) is 0 Å². The Kier molecular flexibility index (Phi) is 3.27. The molecule has 1 aromatic rings. The molecule has 4 atom stereocenters. The Hall–Kier alpha value is -0.940. The highest BCUT2D eigenvalue weighted by Crippen LogP contribution is 2.58. The molecule has 0 radical (unpaired) electrons. The molecule has 0 aromatic carbocycles. The van der Waals surface area contributed by atoms with Gasteiger partial charge >= 0.3 is 0 Å². The zero-order valence-electron chi connectivity index (χ0n) is 11.8. The minimum atomic E-state index is 0.350. The predicted molar refractivity (Wildman–Crippen MR) is 73.1 cm³/mol. The highest BCUT2D eigenvalue weighted by atomic mass is 16.5. The molecule has 1 saturated heterocycles. The van der Waals surface area contributed by atoms with Crippen LogP contribution in [0.2, 0.25) is 0 Å². The van der Waals surface area contributed by atoms with Gasteiger partial charge in [0.05, 0.1) is 0 Å². The number of aryl methyl sites for hydroxylation is 1. The van der Waals surface area contributed by atoms with Crippen molar-refractivity contribution >= 4 is 0 Å². The van der Waals surface area contributed by atoms with E-state index in [1.165, 1.54) is 19.3 Å². The first kappa shape index (κ1) is 12.8. The molecule has 2 aliphatic carbocycles. The van der Waals surface area contributed by atoms with Crippen LogP contribution in [-0.2, 0) is 11.2 Å². The normalized spacial score (nSPS) is 37.0. The van der Waals surface area contributed by atoms with E-state index in [1.807, 2.05) is 0 Å². The first-order chi connectivity index (χ1) is 9.81. The minimum absolute atomic E-state index is 0.350. The van der Waals surface area contributed by atoms with Gasteiger partial charge in [-0.05, 0) is 49.9 Å². The second-order valence-electron chi connectivity index (χ2n) is 6.71. The Morgan fingerprint density at radius 1 is 1.15 bits per heavy atom. The van der Waals surface area contributed by atoms with Crippen LogP contribution < -0.4 is 5.73 Å². The van der Waals surface area contributed by atoms with Crippen LogP contribution in [0.15, 0.2) is 4.52 Å². The van der Waals surface area contributed by atoms with Crippen molar-refractivity contribution in [3.8, 4) is 0 Å². The monoisotopic (exact) mass is 277 g/mol. The highest BCUT2D eigenvalue weighted by molar-refractivity contribution is 5.14. The molecule has 3 aliphatic rings. The van der Waals surface area contributed by atoms with Crippen LogP contribution in [0, 0.1) is 17.8 Å². The van der Waals surface area contributed by atoms with E-state index >= 15 is 0 Å². The third kappa shape index (κ3) is 2.37. The summed E-state index contributed by atoms with van der Waals surface area (Å²) in [5.41, 5.74) is 6.11. The van der Waals surface area contributed by atoms with Gasteiger partial charge in [-0.15, -0.1) is 0 Å². The second kappa shape index (κ2) is 5.11. The van der Waals surface area contributed by atoms with Gasteiger partial charge in [-0.1, -0.05) is 5.16 Å². The number of fused-ring (bicyclic) bond motifs is 1. The Morgan fingerprint density at radius 3 is 2.70 bits per heavy atom. The van der Waals surface area contributed by atoms with E-state index in [2.05, 4.69) is 10.1 Å². The lowest BCUT2D eigenvalue weighted by Crippen LogP contribution is -2.19. The Morgan fingerprint density at radius 2 is 2.00 bits per heavy atom. The third-order valence-electron chi connectivity index (χ3n) is 5.40. The van der Waals surface area contributed by atoms with Crippen LogP contribution in [-0.4, -0.2) is 29.4 Å². The maximum absolute atomic E-state index is 6.11. The highest BCUT2D eigenvalue weighted by Gasteiger charge is 2.55. The van der Waals surface area contributed by atoms with Crippen molar-refractivity contribution in [1.29, 1.82) is 0 Å². The summed E-state index contributed by atoms with van der Waals surface area (Å²) in [5, 5.41) is 4.16. The number of ether oxygens (including phenoxy) is 1. The lowest BCUT2D eigenvalue weighted by molar-refractivity contribution is 0.0638. The van der Waals surface area contributed by atoms with Gasteiger partial charge < -0.3 is 15.0 Å². The van der Waals surface area contributed by atoms with Crippen molar-refractivity contribution in [1.82, 2.24) is 10.1 Å². The molecule has 1 aliphatic heterocycles. The topological polar surface area (TPSA) is 74.2 Å². The summed E-state index contributed by atoms with van der Waals surface area (Å²) in [6.45, 7) is 1.82. The third-order valence-corrected chi connectivity index (χ3v) is 5.40. The summed E-state index contributed by atoms with van der Waals surface area (Å²) >= 11 is 0. The molecule has 1 aromatic heterocycles. The van der Waals surface area contributed by atoms with Gasteiger partial charge in [-0.3, -0.25) is 0 Å². The fraction of sp³-hybridized carbons (Fsp3) is 0.867. The maximum Gasteiger partial charge on any atom is 0.230 e. The lowest BCUT2D eigenvalue weighted by atomic mass is 9.95. The van der Waals surface area contributed by atoms with E-state index in [0.29, 0.717) is 17.9 Å². The minimum Gasteiger partial charge on any atom is -0.381 e. The van der Waals surface area contributed by atoms with Crippen LogP contribution in [0.5, 0.6) is 0 Å². The summed E-state index contributed by atoms with van der Waals surface area (Å²) in [5.74, 6) is 4.35. The molecule has 3 fully saturated rings. The zero-order chi connectivity index (χ0) is 13.5. The van der Waals surface area contributed by atoms with E-state index in [-0.39, 0.29) is 0 Å². The average molecular weight is 277 g/mol. The van der Waals surface area contributed by atoms with E-state index in [4.69, 9.17) is 15.0 Å². The number of nitrogens with zero attached hydrogens (tertiary/aromatic N) is 2. The van der Waals surface area contributed by atoms with Crippen LogP contribution in [0.3, 0.4) is 0 Å². The van der Waals surface area contributed by atoms with E-state index < -0.39 is 0 Å². The molecule has 110 valence electrons. The molecule has 2 saturated carbocycles. The van der Waals surface area contributed by atoms with Crippen LogP contribution in [0.4, 0.5) is 0 Å². The second-order valence-corrected chi connectivity index (χ2v) is 6.71. The molecule has 2 heterocycles. The van der Waals surface area contributed by atoms with Crippen LogP contribution in [0.25, 0.3) is 0 Å². The molecule has 4 rings (SSSR count). The Labute approximate surface area is 119 Å². The predicted octanol–water partition coefficient (Wildman–Crippen LogP) is 1.88. The number of nitrogens with two attached hydrogens (primary N) is 1. The lowest BCUT2D eigenvalue weighted by Gasteiger charge is -2.21. The van der Waals surface area contributed by atoms with Gasteiger partial charge in [0.25, 0.3) is 0 Å². The van der Waals surface area contributed by atoms with Gasteiger partial charge in [0, 0.05) is 31.6 Å². The zero-order valence-corrected chi connectivity index (χ0v) is 11.8. The first-order valence-electron chi connectivity index (χ1n) is 7.97. The largest absolute Gasteiger partial charge is 0.381 e. The molecule has 0 unspecified atom stereocenters. The summed E-state index contributed by atoms with van der Waals surface area (Å²) < 4.78 is 10.9. The van der Waals surface area contributed by atoms with Crippen LogP contribution >= 0.6 is 0 Å². The summed E-state index contributed by atoms with van der Waals surface area (Å²) in [7, 11) is 0. The van der Waals surface area contributed by atoms with Crippen molar-refractivity contribution in [2.24, 2.45) is 23.5 Å². The Balaban J connectivity index is 1.34. The molecule has 0 spiro atoms. The van der Waals surface area contributed by atoms with E-state index in [0.717, 1.165) is 56.0 Å². The quantitative estimate of drug-likeness (QED) is 0.909. The fourth-order valence-corrected chi connectivity index (χ4v) is 4.01. The number of hydrogen-bond donors (Lipinski definition) is 1. The number of rotatable bonds is 4. The summed E-state index contributed by atoms with van der Waals surface area (Å²) in [4.78, 5) is 4.62. The van der Waals surface area contributed by atoms with Crippen molar-refractivity contribution in [3.63, 3.8) is 0 Å². The maximum atomic E-state index is 6.11. The standard InChI is InChI=1S/C15H23N3O2/c16-13-8-12(10-7-11(10)13)15-17-14(18-20-15)2-1-9-3-5-19-6-4-9/h9-13H,1-8,16H2/t10-,11+,12-,13+/m0/s1. The number of aromatic nitrogens is 2. The smallest absolute Gasteiger partial charge is 0.230 e. The van der Waals surface area contributed by atoms with Gasteiger partial charge in [0.2, 0.25) is 5.89 Å². The summed E-state index contributed by atoms with van der Waals surface area (Å²) in [6.07, 6.45) is 6.71. The molecule has 0 amide bonds. The first-order valence-corrected chi connectivity index (χ1v) is 7.97. The van der Waals surface area contributed by atoms with Crippen molar-refractivity contribution < 1.29 is 9.26 Å². The van der Waals surface area contributed by atoms with Crippen molar-refractivity contribution in [2.75, 3.05) is 13.2 Å². The van der Waals surface area contributed by atoms with Gasteiger partial charge in [0.15, 0.2) is 5.82 Å². The van der Waals surface area contributed by atoms with E-state index in [9.17, 15) is 0 Å². The van der Waals surface area contributed by atoms with Gasteiger partial charge in [-0.2, -0.15) is 4.98 Å². The average Bonchev–Trinajstić information content (AvgIpc) is 3.02. The molecular formula is C15H23N3O2. The molecule has 5 heteroatoms. The molecular weight excluding hydrogens is 254 g/mol. The SMILES string of the molecule is N[C@@H]1C[C@H](c2nc(CCC3CCOCC3)no2)[C@H]2C[C@H]21. The van der Waals surface area contributed by atoms with E-state index in [1.54, 1.807) is 0 Å². The van der Waals surface area contributed by atoms with Crippen molar-refractivity contribution in [2.45, 2.75) is 50.5 Å². The summed E-state index contributed by atoms with van der Waals surface area (Å²) in [6, 6.07) is 0.350. The number of hydrogen-bond acceptors (Lipinski definition) is 5. The van der Waals surface area contributed by atoms with Gasteiger partial charge in [0.1, 0.15) is 0 Å². The molecule has 5 nitrogen and oxygen atoms in total. The fourth-order valence-electron chi connectivity index (χ4n) is 4.01. The molecule has 20 heavy (non-hydrogen) atoms. The molecule has 2 N–H and O–H groups in total. The Bertz CT molecular complexity index is 469. The van der Waals surface area contributed by atoms with Crippen molar-refractivity contribution in [3.05, 3.63) is 11.7 Å². The molecule has 0 bridgehead atoms.